The Labute approximate surface area is 245 Å². The summed E-state index contributed by atoms with van der Waals surface area (Å²) in [4.78, 5) is 54.8. The minimum Gasteiger partial charge on any atom is -0.492 e. The Kier molecular flexibility index (Phi) is 10.5. The van der Waals surface area contributed by atoms with Crippen molar-refractivity contribution in [1.82, 2.24) is 20.9 Å². The molecule has 0 unspecified atom stereocenters. The van der Waals surface area contributed by atoms with Gasteiger partial charge in [-0.3, -0.25) is 19.2 Å². The van der Waals surface area contributed by atoms with E-state index in [1.54, 1.807) is 48.5 Å². The molecule has 2 heterocycles. The number of carbonyl (C=O) groups excluding carboxylic acids is 4. The van der Waals surface area contributed by atoms with Gasteiger partial charge in [0.05, 0.1) is 24.6 Å². The van der Waals surface area contributed by atoms with Crippen molar-refractivity contribution in [2.75, 3.05) is 26.3 Å². The molecule has 1 fully saturated rings. The Balaban J connectivity index is 1.52. The van der Waals surface area contributed by atoms with Crippen LogP contribution in [0.1, 0.15) is 49.9 Å². The van der Waals surface area contributed by atoms with Crippen molar-refractivity contribution in [3.05, 3.63) is 59.1 Å². The molecule has 10 nitrogen and oxygen atoms in total. The Morgan fingerprint density at radius 1 is 1.12 bits per heavy atom. The third kappa shape index (κ3) is 8.36. The summed E-state index contributed by atoms with van der Waals surface area (Å²) in [5.41, 5.74) is 0.231. The van der Waals surface area contributed by atoms with E-state index in [2.05, 4.69) is 29.8 Å². The van der Waals surface area contributed by atoms with Gasteiger partial charge >= 0.3 is 0 Å². The van der Waals surface area contributed by atoms with Crippen LogP contribution in [0.15, 0.2) is 48.5 Å². The van der Waals surface area contributed by atoms with Crippen LogP contribution in [0.4, 0.5) is 0 Å². The summed E-state index contributed by atoms with van der Waals surface area (Å²) in [6, 6.07) is 11.4. The summed E-state index contributed by atoms with van der Waals surface area (Å²) in [7, 11) is 0. The molecule has 4 amide bonds. The summed E-state index contributed by atoms with van der Waals surface area (Å²) < 4.78 is 11.7. The van der Waals surface area contributed by atoms with Gasteiger partial charge in [0.15, 0.2) is 0 Å². The van der Waals surface area contributed by atoms with E-state index in [-0.39, 0.29) is 49.6 Å². The molecule has 2 aliphatic rings. The normalized spacial score (nSPS) is 21.6. The van der Waals surface area contributed by atoms with E-state index in [4.69, 9.17) is 21.1 Å². The Morgan fingerprint density at radius 3 is 2.63 bits per heavy atom. The predicted octanol–water partition coefficient (Wildman–Crippen LogP) is 2.94. The molecule has 2 aliphatic heterocycles. The van der Waals surface area contributed by atoms with Gasteiger partial charge in [-0.15, -0.1) is 0 Å². The zero-order valence-electron chi connectivity index (χ0n) is 23.4. The van der Waals surface area contributed by atoms with Crippen LogP contribution in [0.25, 0.3) is 0 Å². The molecule has 2 aromatic rings. The fraction of sp³-hybridized carbons (Fsp3) is 0.467. The molecule has 4 rings (SSSR count). The molecule has 1 saturated heterocycles. The quantitative estimate of drug-likeness (QED) is 0.430. The lowest BCUT2D eigenvalue weighted by molar-refractivity contribution is -0.140. The summed E-state index contributed by atoms with van der Waals surface area (Å²) in [5, 5.41) is 9.11. The number of rotatable bonds is 7. The fourth-order valence-electron chi connectivity index (χ4n) is 5.08. The number of hydrogen-bond donors (Lipinski definition) is 3. The van der Waals surface area contributed by atoms with Crippen molar-refractivity contribution in [1.29, 1.82) is 0 Å². The highest BCUT2D eigenvalue weighted by Crippen LogP contribution is 2.23. The second kappa shape index (κ2) is 14.2. The average molecular weight is 585 g/mol. The lowest BCUT2D eigenvalue weighted by atomic mass is 10.0. The number of halogens is 1. The van der Waals surface area contributed by atoms with E-state index in [1.807, 2.05) is 0 Å². The van der Waals surface area contributed by atoms with Gasteiger partial charge in [0.25, 0.3) is 5.91 Å². The first-order valence-corrected chi connectivity index (χ1v) is 14.4. The molecule has 11 heteroatoms. The highest BCUT2D eigenvalue weighted by Gasteiger charge is 2.37. The van der Waals surface area contributed by atoms with E-state index in [1.165, 1.54) is 4.90 Å². The van der Waals surface area contributed by atoms with Crippen LogP contribution >= 0.6 is 11.6 Å². The first kappa shape index (κ1) is 30.2. The van der Waals surface area contributed by atoms with Crippen molar-refractivity contribution in [3.63, 3.8) is 0 Å². The van der Waals surface area contributed by atoms with Crippen LogP contribution in [0.3, 0.4) is 0 Å². The molecule has 41 heavy (non-hydrogen) atoms. The third-order valence-corrected chi connectivity index (χ3v) is 7.29. The van der Waals surface area contributed by atoms with Gasteiger partial charge in [-0.25, -0.2) is 0 Å². The van der Waals surface area contributed by atoms with Crippen LogP contribution in [0, 0.1) is 5.92 Å². The maximum Gasteiger partial charge on any atom is 0.255 e. The maximum atomic E-state index is 13.4. The van der Waals surface area contributed by atoms with Crippen LogP contribution < -0.4 is 25.4 Å². The SMILES string of the molecule is CC(C)C[C@H]1COc2ccccc2C(=O)N[C@H](C(=O)NCCOc2ccc(Cl)cc2)CC(=O)N2CCC[C@@H]2C(=O)N1. The van der Waals surface area contributed by atoms with Gasteiger partial charge < -0.3 is 30.3 Å². The van der Waals surface area contributed by atoms with E-state index in [0.29, 0.717) is 48.2 Å². The molecule has 3 atom stereocenters. The molecule has 220 valence electrons. The van der Waals surface area contributed by atoms with Gasteiger partial charge in [-0.2, -0.15) is 0 Å². The smallest absolute Gasteiger partial charge is 0.255 e. The monoisotopic (exact) mass is 584 g/mol. The zero-order valence-corrected chi connectivity index (χ0v) is 24.1. The van der Waals surface area contributed by atoms with Gasteiger partial charge in [0.1, 0.15) is 36.8 Å². The molecule has 2 aromatic carbocycles. The van der Waals surface area contributed by atoms with Crippen LogP contribution in [-0.4, -0.2) is 73.0 Å². The topological polar surface area (TPSA) is 126 Å². The van der Waals surface area contributed by atoms with Crippen LogP contribution in [0.2, 0.25) is 5.02 Å². The van der Waals surface area contributed by atoms with Gasteiger partial charge in [0, 0.05) is 11.6 Å². The van der Waals surface area contributed by atoms with Crippen molar-refractivity contribution < 1.29 is 28.7 Å². The number of ether oxygens (including phenoxy) is 2. The standard InChI is InChI=1S/C30H37ClN4O6/c1-19(2)16-21-18-41-26-8-4-3-6-23(26)28(37)34-24(17-27(36)35-14-5-7-25(35)30(39)33-21)29(38)32-13-15-40-22-11-9-20(31)10-12-22/h3-4,6,8-12,19,21,24-25H,5,7,13-18H2,1-2H3,(H,32,38)(H,33,39)(H,34,37)/t21-,24-,25+/m0/s1. The van der Waals surface area contributed by atoms with E-state index >= 15 is 0 Å². The minimum atomic E-state index is -1.17. The number of para-hydroxylation sites is 1. The van der Waals surface area contributed by atoms with Gasteiger partial charge in [-0.1, -0.05) is 37.6 Å². The number of benzene rings is 2. The van der Waals surface area contributed by atoms with E-state index < -0.39 is 23.9 Å². The van der Waals surface area contributed by atoms with Crippen molar-refractivity contribution in [2.45, 2.75) is 57.7 Å². The largest absolute Gasteiger partial charge is 0.492 e. The number of hydrogen-bond acceptors (Lipinski definition) is 6. The number of carbonyl (C=O) groups is 4. The number of nitrogens with zero attached hydrogens (tertiary/aromatic N) is 1. The Bertz CT molecular complexity index is 1240. The molecular weight excluding hydrogens is 548 g/mol. The van der Waals surface area contributed by atoms with Gasteiger partial charge in [0.2, 0.25) is 17.7 Å². The minimum absolute atomic E-state index is 0.147. The third-order valence-electron chi connectivity index (χ3n) is 7.03. The van der Waals surface area contributed by atoms with Crippen LogP contribution in [0.5, 0.6) is 11.5 Å². The fourth-order valence-corrected chi connectivity index (χ4v) is 5.20. The maximum absolute atomic E-state index is 13.4. The summed E-state index contributed by atoms with van der Waals surface area (Å²) in [6.07, 6.45) is 1.58. The summed E-state index contributed by atoms with van der Waals surface area (Å²) in [6.45, 7) is 4.99. The predicted molar refractivity (Wildman–Crippen MR) is 154 cm³/mol. The van der Waals surface area contributed by atoms with Gasteiger partial charge in [-0.05, 0) is 61.6 Å². The molecule has 0 aliphatic carbocycles. The molecule has 3 N–H and O–H groups in total. The van der Waals surface area contributed by atoms with Crippen molar-refractivity contribution in [3.8, 4) is 11.5 Å². The molecule has 0 aromatic heterocycles. The molecule has 0 saturated carbocycles. The number of nitrogens with one attached hydrogen (secondary N) is 3. The average Bonchev–Trinajstić information content (AvgIpc) is 3.44. The van der Waals surface area contributed by atoms with E-state index in [0.717, 1.165) is 0 Å². The molecule has 0 radical (unpaired) electrons. The molecule has 0 spiro atoms. The first-order chi connectivity index (χ1) is 19.7. The Hall–Kier alpha value is -3.79. The first-order valence-electron chi connectivity index (χ1n) is 14.0. The molecule has 0 bridgehead atoms. The second-order valence-electron chi connectivity index (χ2n) is 10.7. The zero-order chi connectivity index (χ0) is 29.4. The number of fused-ring (bicyclic) bond motifs is 2. The highest BCUT2D eigenvalue weighted by atomic mass is 35.5. The van der Waals surface area contributed by atoms with E-state index in [9.17, 15) is 19.2 Å². The van der Waals surface area contributed by atoms with Crippen molar-refractivity contribution >= 4 is 35.2 Å². The Morgan fingerprint density at radius 2 is 1.88 bits per heavy atom. The second-order valence-corrected chi connectivity index (χ2v) is 11.1. The summed E-state index contributed by atoms with van der Waals surface area (Å²) >= 11 is 5.90. The number of amides is 4. The lowest BCUT2D eigenvalue weighted by Gasteiger charge is -2.29. The van der Waals surface area contributed by atoms with Crippen LogP contribution in [-0.2, 0) is 14.4 Å². The lowest BCUT2D eigenvalue weighted by Crippen LogP contribution is -2.54. The summed E-state index contributed by atoms with van der Waals surface area (Å²) in [5.74, 6) is -0.467. The molecular formula is C30H37ClN4O6. The van der Waals surface area contributed by atoms with Crippen molar-refractivity contribution in [2.24, 2.45) is 5.92 Å². The highest BCUT2D eigenvalue weighted by molar-refractivity contribution is 6.30.